The predicted octanol–water partition coefficient (Wildman–Crippen LogP) is 2.28. The van der Waals surface area contributed by atoms with E-state index in [1.54, 1.807) is 48.5 Å². The molecule has 23 heavy (non-hydrogen) atoms. The van der Waals surface area contributed by atoms with Gasteiger partial charge in [-0.05, 0) is 35.4 Å². The zero-order chi connectivity index (χ0) is 16.4. The van der Waals surface area contributed by atoms with Crippen LogP contribution in [-0.2, 0) is 14.4 Å². The number of nitrogens with zero attached hydrogens (tertiary/aromatic N) is 1. The maximum absolute atomic E-state index is 12.0. The smallest absolute Gasteiger partial charge is 0.363 e. The van der Waals surface area contributed by atoms with E-state index in [9.17, 15) is 19.5 Å². The summed E-state index contributed by atoms with van der Waals surface area (Å²) in [5.41, 5.74) is 1.97. The first-order chi connectivity index (χ1) is 11.0. The van der Waals surface area contributed by atoms with Crippen molar-refractivity contribution in [3.05, 3.63) is 54.1 Å². The van der Waals surface area contributed by atoms with Crippen molar-refractivity contribution in [1.29, 1.82) is 0 Å². The van der Waals surface area contributed by atoms with Crippen LogP contribution in [0, 0.1) is 0 Å². The second-order valence-electron chi connectivity index (χ2n) is 5.08. The Labute approximate surface area is 131 Å². The predicted molar refractivity (Wildman–Crippen MR) is 80.0 cm³/mol. The van der Waals surface area contributed by atoms with E-state index >= 15 is 0 Å². The number of imide groups is 1. The lowest BCUT2D eigenvalue weighted by Crippen LogP contribution is -2.32. The number of hydrogen-bond acceptors (Lipinski definition) is 5. The fourth-order valence-corrected chi connectivity index (χ4v) is 2.25. The highest BCUT2D eigenvalue weighted by atomic mass is 16.7. The molecule has 0 unspecified atom stereocenters. The van der Waals surface area contributed by atoms with Gasteiger partial charge in [0, 0.05) is 12.8 Å². The van der Waals surface area contributed by atoms with Gasteiger partial charge in [-0.2, -0.15) is 0 Å². The lowest BCUT2D eigenvalue weighted by molar-refractivity contribution is -0.172. The summed E-state index contributed by atoms with van der Waals surface area (Å²) in [6.45, 7) is 0. The number of carbonyl (C=O) groups is 3. The van der Waals surface area contributed by atoms with E-state index in [0.717, 1.165) is 11.1 Å². The normalized spacial score (nSPS) is 14.2. The molecule has 3 rings (SSSR count). The molecule has 0 bridgehead atoms. The first-order valence-corrected chi connectivity index (χ1v) is 7.02. The van der Waals surface area contributed by atoms with Crippen molar-refractivity contribution in [1.82, 2.24) is 5.06 Å². The third-order valence-electron chi connectivity index (χ3n) is 3.50. The minimum Gasteiger partial charge on any atom is -0.508 e. The van der Waals surface area contributed by atoms with Gasteiger partial charge in [0.15, 0.2) is 0 Å². The molecule has 6 heteroatoms. The van der Waals surface area contributed by atoms with Crippen LogP contribution >= 0.6 is 0 Å². The molecule has 1 heterocycles. The van der Waals surface area contributed by atoms with E-state index < -0.39 is 17.8 Å². The number of hydroxylamine groups is 2. The number of aromatic hydroxyl groups is 1. The van der Waals surface area contributed by atoms with Crippen molar-refractivity contribution in [3.63, 3.8) is 0 Å². The molecule has 1 fully saturated rings. The molecule has 1 aliphatic heterocycles. The van der Waals surface area contributed by atoms with E-state index in [1.807, 2.05) is 0 Å². The van der Waals surface area contributed by atoms with Crippen molar-refractivity contribution >= 4 is 17.8 Å². The van der Waals surface area contributed by atoms with Gasteiger partial charge < -0.3 is 9.94 Å². The zero-order valence-electron chi connectivity index (χ0n) is 12.1. The molecule has 0 aliphatic carbocycles. The number of phenolic OH excluding ortho intramolecular Hbond substituents is 1. The average Bonchev–Trinajstić information content (AvgIpc) is 2.87. The third kappa shape index (κ3) is 3.06. The van der Waals surface area contributed by atoms with Crippen molar-refractivity contribution in [2.45, 2.75) is 12.8 Å². The summed E-state index contributed by atoms with van der Waals surface area (Å²) in [5.74, 6) is -1.60. The van der Waals surface area contributed by atoms with Crippen LogP contribution < -0.4 is 0 Å². The number of hydrogen-bond donors (Lipinski definition) is 1. The summed E-state index contributed by atoms with van der Waals surface area (Å²) in [7, 11) is 0. The number of phenols is 1. The Morgan fingerprint density at radius 3 is 1.87 bits per heavy atom. The largest absolute Gasteiger partial charge is 0.508 e. The Morgan fingerprint density at radius 1 is 0.870 bits per heavy atom. The minimum atomic E-state index is -0.758. The molecule has 0 atom stereocenters. The molecule has 1 saturated heterocycles. The lowest BCUT2D eigenvalue weighted by Gasteiger charge is -2.12. The number of carbonyl (C=O) groups excluding carboxylic acids is 3. The standard InChI is InChI=1S/C17H13NO5/c19-14-7-5-12(6-8-14)11-1-3-13(4-2-11)17(22)23-18-15(20)9-10-16(18)21/h1-8,19H,9-10H2. The van der Waals surface area contributed by atoms with Crippen LogP contribution in [0.1, 0.15) is 23.2 Å². The fourth-order valence-electron chi connectivity index (χ4n) is 2.25. The molecule has 116 valence electrons. The third-order valence-corrected chi connectivity index (χ3v) is 3.50. The highest BCUT2D eigenvalue weighted by Crippen LogP contribution is 2.22. The van der Waals surface area contributed by atoms with Gasteiger partial charge in [0.05, 0.1) is 5.56 Å². The van der Waals surface area contributed by atoms with Gasteiger partial charge in [0.2, 0.25) is 0 Å². The second-order valence-corrected chi connectivity index (χ2v) is 5.08. The number of amides is 2. The molecule has 0 spiro atoms. The average molecular weight is 311 g/mol. The Morgan fingerprint density at radius 2 is 1.35 bits per heavy atom. The van der Waals surface area contributed by atoms with Crippen molar-refractivity contribution in [2.24, 2.45) is 0 Å². The first-order valence-electron chi connectivity index (χ1n) is 7.02. The highest BCUT2D eigenvalue weighted by molar-refractivity contribution is 6.02. The van der Waals surface area contributed by atoms with Crippen molar-refractivity contribution in [3.8, 4) is 16.9 Å². The lowest BCUT2D eigenvalue weighted by atomic mass is 10.0. The summed E-state index contributed by atoms with van der Waals surface area (Å²) < 4.78 is 0. The Kier molecular flexibility index (Phi) is 3.80. The molecule has 0 aromatic heterocycles. The first kappa shape index (κ1) is 14.8. The Balaban J connectivity index is 1.74. The number of benzene rings is 2. The van der Waals surface area contributed by atoms with Crippen LogP contribution in [-0.4, -0.2) is 28.0 Å². The van der Waals surface area contributed by atoms with Gasteiger partial charge in [0.1, 0.15) is 5.75 Å². The van der Waals surface area contributed by atoms with E-state index in [1.165, 1.54) is 0 Å². The van der Waals surface area contributed by atoms with Gasteiger partial charge >= 0.3 is 5.97 Å². The fraction of sp³-hybridized carbons (Fsp3) is 0.118. The van der Waals surface area contributed by atoms with Crippen LogP contribution in [0.3, 0.4) is 0 Å². The minimum absolute atomic E-state index is 0.0614. The maximum atomic E-state index is 12.0. The van der Waals surface area contributed by atoms with Crippen molar-refractivity contribution < 1.29 is 24.3 Å². The topological polar surface area (TPSA) is 83.9 Å². The highest BCUT2D eigenvalue weighted by Gasteiger charge is 2.33. The molecule has 0 saturated carbocycles. The van der Waals surface area contributed by atoms with Crippen LogP contribution in [0.2, 0.25) is 0 Å². The molecule has 2 aromatic carbocycles. The Bertz CT molecular complexity index is 749. The maximum Gasteiger partial charge on any atom is 0.363 e. The monoisotopic (exact) mass is 311 g/mol. The molecular weight excluding hydrogens is 298 g/mol. The molecular formula is C17H13NO5. The van der Waals surface area contributed by atoms with Crippen LogP contribution in [0.15, 0.2) is 48.5 Å². The zero-order valence-corrected chi connectivity index (χ0v) is 12.1. The molecule has 1 aliphatic rings. The summed E-state index contributed by atoms with van der Waals surface area (Å²) in [5, 5.41) is 9.80. The molecule has 2 amide bonds. The molecule has 2 aromatic rings. The van der Waals surface area contributed by atoms with E-state index in [2.05, 4.69) is 0 Å². The number of rotatable bonds is 3. The molecule has 6 nitrogen and oxygen atoms in total. The SMILES string of the molecule is O=C(ON1C(=O)CCC1=O)c1ccc(-c2ccc(O)cc2)cc1. The Hall–Kier alpha value is -3.15. The van der Waals surface area contributed by atoms with E-state index in [0.29, 0.717) is 5.06 Å². The summed E-state index contributed by atoms with van der Waals surface area (Å²) in [4.78, 5) is 39.7. The van der Waals surface area contributed by atoms with Crippen LogP contribution in [0.4, 0.5) is 0 Å². The molecule has 1 N–H and O–H groups in total. The second kappa shape index (κ2) is 5.92. The van der Waals surface area contributed by atoms with Gasteiger partial charge in [-0.1, -0.05) is 24.3 Å². The van der Waals surface area contributed by atoms with Crippen molar-refractivity contribution in [2.75, 3.05) is 0 Å². The van der Waals surface area contributed by atoms with E-state index in [4.69, 9.17) is 4.84 Å². The van der Waals surface area contributed by atoms with Gasteiger partial charge in [0.25, 0.3) is 11.8 Å². The van der Waals surface area contributed by atoms with E-state index in [-0.39, 0.29) is 24.2 Å². The molecule has 0 radical (unpaired) electrons. The summed E-state index contributed by atoms with van der Waals surface area (Å²) >= 11 is 0. The van der Waals surface area contributed by atoms with Gasteiger partial charge in [-0.15, -0.1) is 5.06 Å². The summed E-state index contributed by atoms with van der Waals surface area (Å²) in [6, 6.07) is 13.2. The van der Waals surface area contributed by atoms with Gasteiger partial charge in [-0.3, -0.25) is 9.59 Å². The quantitative estimate of drug-likeness (QED) is 0.879. The van der Waals surface area contributed by atoms with Crippen LogP contribution in [0.25, 0.3) is 11.1 Å². The van der Waals surface area contributed by atoms with Crippen LogP contribution in [0.5, 0.6) is 5.75 Å². The van der Waals surface area contributed by atoms with Gasteiger partial charge in [-0.25, -0.2) is 4.79 Å². The summed E-state index contributed by atoms with van der Waals surface area (Å²) in [6.07, 6.45) is 0.123.